The van der Waals surface area contributed by atoms with Crippen molar-refractivity contribution in [1.29, 1.82) is 0 Å². The predicted octanol–water partition coefficient (Wildman–Crippen LogP) is 4.83. The van der Waals surface area contributed by atoms with Gasteiger partial charge in [0.2, 0.25) is 0 Å². The van der Waals surface area contributed by atoms with Gasteiger partial charge in [-0.1, -0.05) is 80.6 Å². The number of halogens is 1. The molecule has 0 radical (unpaired) electrons. The van der Waals surface area contributed by atoms with Crippen LogP contribution in [0.4, 0.5) is 0 Å². The number of hydrogen-bond acceptors (Lipinski definition) is 1. The maximum Gasteiger partial charge on any atom is 0.177 e. The molecule has 1 aromatic rings. The van der Waals surface area contributed by atoms with Crippen LogP contribution >= 0.6 is 11.6 Å². The van der Waals surface area contributed by atoms with Crippen molar-refractivity contribution in [2.75, 3.05) is 0 Å². The average Bonchev–Trinajstić information content (AvgIpc) is 2.56. The molecule has 0 aliphatic rings. The molecule has 0 aliphatic carbocycles. The fraction of sp³-hybridized carbons (Fsp3) is 0.286. The first-order valence-corrected chi connectivity index (χ1v) is 7.98. The van der Waals surface area contributed by atoms with E-state index in [0.29, 0.717) is 5.56 Å². The number of carbonyl (C=O) groups is 1. The van der Waals surface area contributed by atoms with Gasteiger partial charge < -0.3 is 0 Å². The summed E-state index contributed by atoms with van der Waals surface area (Å²) in [6.07, 6.45) is 3.93. The first-order chi connectivity index (χ1) is 11.1. The molecule has 23 heavy (non-hydrogen) atoms. The molecule has 1 rings (SSSR count). The Morgan fingerprint density at radius 2 is 1.83 bits per heavy atom. The Morgan fingerprint density at radius 3 is 2.48 bits per heavy atom. The Bertz CT molecular complexity index is 712. The van der Waals surface area contributed by atoms with Crippen LogP contribution in [-0.4, -0.2) is 5.78 Å². The Morgan fingerprint density at radius 1 is 1.13 bits per heavy atom. The zero-order valence-electron chi connectivity index (χ0n) is 13.3. The summed E-state index contributed by atoms with van der Waals surface area (Å²) >= 11 is 5.50. The van der Waals surface area contributed by atoms with Crippen molar-refractivity contribution in [2.45, 2.75) is 32.6 Å². The minimum atomic E-state index is -0.325. The van der Waals surface area contributed by atoms with Crippen LogP contribution in [0.1, 0.15) is 43.0 Å². The van der Waals surface area contributed by atoms with Gasteiger partial charge in [-0.25, -0.2) is 0 Å². The van der Waals surface area contributed by atoms with Crippen LogP contribution in [-0.2, 0) is 0 Å². The Hall–Kier alpha value is -2.40. The number of benzene rings is 1. The summed E-state index contributed by atoms with van der Waals surface area (Å²) in [5.41, 5.74) is 0.689. The number of Topliss-reactive ketones (excluding diaryl/α,β-unsaturated/α-hetero) is 1. The van der Waals surface area contributed by atoms with Crippen LogP contribution in [0, 0.1) is 41.4 Å². The second kappa shape index (κ2) is 11.2. The topological polar surface area (TPSA) is 17.1 Å². The molecule has 1 nitrogen and oxygen atoms in total. The summed E-state index contributed by atoms with van der Waals surface area (Å²) in [4.78, 5) is 12.5. The molecule has 0 spiro atoms. The summed E-state index contributed by atoms with van der Waals surface area (Å²) in [6.45, 7) is 5.58. The maximum atomic E-state index is 12.5. The molecule has 0 saturated heterocycles. The lowest BCUT2D eigenvalue weighted by Crippen LogP contribution is -2.13. The highest BCUT2D eigenvalue weighted by Crippen LogP contribution is 2.15. The third-order valence-corrected chi connectivity index (χ3v) is 3.20. The molecule has 0 aromatic heterocycles. The van der Waals surface area contributed by atoms with Crippen LogP contribution in [0.2, 0.25) is 0 Å². The van der Waals surface area contributed by atoms with E-state index in [1.807, 2.05) is 30.3 Å². The number of unbranched alkanes of at least 4 members (excludes halogenated alkanes) is 2. The van der Waals surface area contributed by atoms with Gasteiger partial charge in [-0.15, -0.1) is 0 Å². The number of rotatable bonds is 6. The second-order valence-corrected chi connectivity index (χ2v) is 5.41. The molecular weight excluding hydrogens is 304 g/mol. The van der Waals surface area contributed by atoms with E-state index in [1.165, 1.54) is 0 Å². The highest BCUT2D eigenvalue weighted by molar-refractivity contribution is 6.31. The third kappa shape index (κ3) is 7.97. The Labute approximate surface area is 144 Å². The summed E-state index contributed by atoms with van der Waals surface area (Å²) in [5, 5.41) is 0.240. The third-order valence-electron chi connectivity index (χ3n) is 3.10. The van der Waals surface area contributed by atoms with Gasteiger partial charge in [0.25, 0.3) is 0 Å². The predicted molar refractivity (Wildman–Crippen MR) is 96.7 cm³/mol. The molecule has 116 valence electrons. The van der Waals surface area contributed by atoms with Crippen molar-refractivity contribution < 1.29 is 4.79 Å². The van der Waals surface area contributed by atoms with Crippen LogP contribution < -0.4 is 0 Å². The normalized spacial score (nSPS) is 10.0. The molecule has 0 bridgehead atoms. The van der Waals surface area contributed by atoms with Crippen molar-refractivity contribution in [1.82, 2.24) is 0 Å². The van der Waals surface area contributed by atoms with E-state index >= 15 is 0 Å². The van der Waals surface area contributed by atoms with Crippen molar-refractivity contribution in [3.63, 3.8) is 0 Å². The number of carbonyl (C=O) groups excluding carboxylic acids is 1. The summed E-state index contributed by atoms with van der Waals surface area (Å²) in [7, 11) is 0. The number of hydrogen-bond donors (Lipinski definition) is 0. The SMILES string of the molecule is C=C(Cl)C#CC#CC#CC(CCCCC)C(=O)c1ccccc1. The van der Waals surface area contributed by atoms with Gasteiger partial charge in [-0.3, -0.25) is 4.79 Å². The van der Waals surface area contributed by atoms with Gasteiger partial charge in [0.05, 0.1) is 11.0 Å². The lowest BCUT2D eigenvalue weighted by atomic mass is 9.93. The largest absolute Gasteiger partial charge is 0.293 e. The Balaban J connectivity index is 2.83. The van der Waals surface area contributed by atoms with E-state index in [-0.39, 0.29) is 16.7 Å². The van der Waals surface area contributed by atoms with Crippen molar-refractivity contribution in [2.24, 2.45) is 5.92 Å². The van der Waals surface area contributed by atoms with Gasteiger partial charge in [-0.05, 0) is 36.0 Å². The molecule has 2 heteroatoms. The minimum Gasteiger partial charge on any atom is -0.293 e. The number of allylic oxidation sites excluding steroid dienone is 1. The van der Waals surface area contributed by atoms with Gasteiger partial charge in [0.15, 0.2) is 5.78 Å². The van der Waals surface area contributed by atoms with E-state index in [4.69, 9.17) is 11.6 Å². The van der Waals surface area contributed by atoms with E-state index in [0.717, 1.165) is 25.7 Å². The van der Waals surface area contributed by atoms with E-state index in [2.05, 4.69) is 49.0 Å². The van der Waals surface area contributed by atoms with Crippen LogP contribution in [0.5, 0.6) is 0 Å². The van der Waals surface area contributed by atoms with Gasteiger partial charge in [-0.2, -0.15) is 0 Å². The fourth-order valence-electron chi connectivity index (χ4n) is 1.96. The molecule has 1 unspecified atom stereocenters. The smallest absolute Gasteiger partial charge is 0.177 e. The second-order valence-electron chi connectivity index (χ2n) is 4.95. The standard InChI is InChI=1S/C21H19ClO/c1-3-4-8-14-19(15-10-6-5-9-13-18(2)22)21(23)20-16-11-7-12-17-20/h7,11-12,16-17,19H,2-4,8,14H2,1H3. The number of ketones is 1. The van der Waals surface area contributed by atoms with Crippen LogP contribution in [0.25, 0.3) is 0 Å². The summed E-state index contributed by atoms with van der Waals surface area (Å²) < 4.78 is 0. The molecular formula is C21H19ClO. The van der Waals surface area contributed by atoms with Crippen molar-refractivity contribution >= 4 is 17.4 Å². The summed E-state index contributed by atoms with van der Waals surface area (Å²) in [5.74, 6) is 15.7. The summed E-state index contributed by atoms with van der Waals surface area (Å²) in [6, 6.07) is 9.25. The van der Waals surface area contributed by atoms with Crippen molar-refractivity contribution in [3.8, 4) is 35.5 Å². The molecule has 1 aromatic carbocycles. The molecule has 1 atom stereocenters. The molecule has 0 N–H and O–H groups in total. The monoisotopic (exact) mass is 322 g/mol. The molecule has 0 heterocycles. The van der Waals surface area contributed by atoms with Crippen LogP contribution in [0.15, 0.2) is 41.9 Å². The van der Waals surface area contributed by atoms with E-state index in [9.17, 15) is 4.79 Å². The van der Waals surface area contributed by atoms with Crippen molar-refractivity contribution in [3.05, 3.63) is 47.5 Å². The van der Waals surface area contributed by atoms with Gasteiger partial charge >= 0.3 is 0 Å². The zero-order valence-corrected chi connectivity index (χ0v) is 14.0. The molecule has 0 amide bonds. The first kappa shape index (κ1) is 18.6. The molecule has 0 aliphatic heterocycles. The average molecular weight is 323 g/mol. The highest BCUT2D eigenvalue weighted by atomic mass is 35.5. The quantitative estimate of drug-likeness (QED) is 0.416. The Kier molecular flexibility index (Phi) is 9.09. The molecule has 0 saturated carbocycles. The minimum absolute atomic E-state index is 0.0521. The lowest BCUT2D eigenvalue weighted by molar-refractivity contribution is 0.0943. The fourth-order valence-corrected chi connectivity index (χ4v) is 2.00. The first-order valence-electron chi connectivity index (χ1n) is 7.60. The maximum absolute atomic E-state index is 12.5. The van der Waals surface area contributed by atoms with Gasteiger partial charge in [0, 0.05) is 5.56 Å². The molecule has 0 fully saturated rings. The zero-order chi connectivity index (χ0) is 16.9. The van der Waals surface area contributed by atoms with E-state index in [1.54, 1.807) is 0 Å². The van der Waals surface area contributed by atoms with Gasteiger partial charge in [0.1, 0.15) is 0 Å². The highest BCUT2D eigenvalue weighted by Gasteiger charge is 2.17. The van der Waals surface area contributed by atoms with Crippen LogP contribution in [0.3, 0.4) is 0 Å². The lowest BCUT2D eigenvalue weighted by Gasteiger charge is -2.09. The van der Waals surface area contributed by atoms with E-state index < -0.39 is 0 Å².